The molecule has 0 amide bonds. The second-order valence-corrected chi connectivity index (χ2v) is 3.80. The molecule has 0 aromatic heterocycles. The largest absolute Gasteiger partial charge is 0.480 e. The number of alkyl halides is 3. The fourth-order valence-electron chi connectivity index (χ4n) is 1.45. The number of carboxylic acid groups (broad SMARTS) is 1. The van der Waals surface area contributed by atoms with Gasteiger partial charge in [-0.05, 0) is 5.56 Å². The van der Waals surface area contributed by atoms with Crippen LogP contribution in [0.25, 0.3) is 0 Å². The Morgan fingerprint density at radius 1 is 1.28 bits per heavy atom. The zero-order valence-corrected chi connectivity index (χ0v) is 9.52. The Labute approximate surface area is 103 Å². The number of carbonyl (C=O) groups is 1. The summed E-state index contributed by atoms with van der Waals surface area (Å²) in [5.74, 6) is -1.55. The monoisotopic (exact) mass is 261 g/mol. The quantitative estimate of drug-likeness (QED) is 0.787. The van der Waals surface area contributed by atoms with Crippen molar-refractivity contribution in [2.45, 2.75) is 24.9 Å². The first kappa shape index (κ1) is 14.5. The Morgan fingerprint density at radius 2 is 1.89 bits per heavy atom. The van der Waals surface area contributed by atoms with Crippen LogP contribution in [0.1, 0.15) is 5.56 Å². The van der Waals surface area contributed by atoms with Gasteiger partial charge in [0.2, 0.25) is 0 Å². The summed E-state index contributed by atoms with van der Waals surface area (Å²) in [4.78, 5) is 10.8. The molecule has 6 heteroatoms. The zero-order valence-electron chi connectivity index (χ0n) is 9.52. The van der Waals surface area contributed by atoms with Gasteiger partial charge in [0, 0.05) is 6.54 Å². The second-order valence-electron chi connectivity index (χ2n) is 3.80. The number of nitrogens with one attached hydrogen (secondary N) is 1. The van der Waals surface area contributed by atoms with Crippen molar-refractivity contribution in [3.8, 4) is 0 Å². The maximum absolute atomic E-state index is 13.4. The molecule has 0 aliphatic carbocycles. The predicted octanol–water partition coefficient (Wildman–Crippen LogP) is 1.88. The van der Waals surface area contributed by atoms with Gasteiger partial charge in [-0.2, -0.15) is 0 Å². The van der Waals surface area contributed by atoms with E-state index in [2.05, 4.69) is 5.32 Å². The molecular weight excluding hydrogens is 247 g/mol. The van der Waals surface area contributed by atoms with E-state index in [0.717, 1.165) is 5.56 Å². The van der Waals surface area contributed by atoms with Gasteiger partial charge in [-0.25, -0.2) is 13.2 Å². The number of halogens is 3. The van der Waals surface area contributed by atoms with Crippen LogP contribution in [0, 0.1) is 0 Å². The van der Waals surface area contributed by atoms with Crippen molar-refractivity contribution in [2.24, 2.45) is 0 Å². The SMILES string of the molecule is O=C(O)C(NCc1ccccc1)C(F)C(F)CF. The third-order valence-electron chi connectivity index (χ3n) is 2.45. The lowest BCUT2D eigenvalue weighted by molar-refractivity contribution is -0.142. The summed E-state index contributed by atoms with van der Waals surface area (Å²) in [6, 6.07) is 6.90. The van der Waals surface area contributed by atoms with Crippen LogP contribution in [0.5, 0.6) is 0 Å². The van der Waals surface area contributed by atoms with Crippen molar-refractivity contribution in [1.29, 1.82) is 0 Å². The van der Waals surface area contributed by atoms with E-state index in [1.807, 2.05) is 0 Å². The van der Waals surface area contributed by atoms with Crippen LogP contribution in [-0.2, 0) is 11.3 Å². The smallest absolute Gasteiger partial charge is 0.323 e. The van der Waals surface area contributed by atoms with Crippen molar-refractivity contribution in [2.75, 3.05) is 6.67 Å². The summed E-state index contributed by atoms with van der Waals surface area (Å²) >= 11 is 0. The molecule has 0 aliphatic heterocycles. The molecule has 18 heavy (non-hydrogen) atoms. The Balaban J connectivity index is 2.61. The normalized spacial score (nSPS) is 15.9. The molecule has 0 bridgehead atoms. The van der Waals surface area contributed by atoms with Gasteiger partial charge in [0.15, 0.2) is 12.3 Å². The third-order valence-corrected chi connectivity index (χ3v) is 2.45. The van der Waals surface area contributed by atoms with Crippen LogP contribution in [-0.4, -0.2) is 36.1 Å². The summed E-state index contributed by atoms with van der Waals surface area (Å²) in [6.45, 7) is -1.48. The molecule has 1 aromatic carbocycles. The molecule has 3 atom stereocenters. The number of hydrogen-bond acceptors (Lipinski definition) is 2. The van der Waals surface area contributed by atoms with Gasteiger partial charge in [-0.15, -0.1) is 0 Å². The fraction of sp³-hybridized carbons (Fsp3) is 0.417. The third kappa shape index (κ3) is 4.03. The minimum absolute atomic E-state index is 0.0667. The van der Waals surface area contributed by atoms with E-state index in [1.54, 1.807) is 30.3 Å². The first-order valence-corrected chi connectivity index (χ1v) is 5.40. The van der Waals surface area contributed by atoms with E-state index in [9.17, 15) is 18.0 Å². The highest BCUT2D eigenvalue weighted by molar-refractivity contribution is 5.74. The summed E-state index contributed by atoms with van der Waals surface area (Å²) in [5.41, 5.74) is 0.728. The van der Waals surface area contributed by atoms with Gasteiger partial charge >= 0.3 is 5.97 Å². The van der Waals surface area contributed by atoms with Crippen molar-refractivity contribution in [3.63, 3.8) is 0 Å². The van der Waals surface area contributed by atoms with Gasteiger partial charge in [0.25, 0.3) is 0 Å². The van der Waals surface area contributed by atoms with Crippen LogP contribution < -0.4 is 5.32 Å². The standard InChI is InChI=1S/C12H14F3NO2/c13-6-9(14)10(15)11(12(17)18)16-7-8-4-2-1-3-5-8/h1-5,9-11,16H,6-7H2,(H,17,18). The van der Waals surface area contributed by atoms with E-state index in [0.29, 0.717) is 0 Å². The van der Waals surface area contributed by atoms with E-state index < -0.39 is 31.0 Å². The molecule has 0 radical (unpaired) electrons. The Kier molecular flexibility index (Phi) is 5.64. The van der Waals surface area contributed by atoms with Crippen LogP contribution in [0.4, 0.5) is 13.2 Å². The molecule has 100 valence electrons. The molecule has 0 saturated carbocycles. The fourth-order valence-corrected chi connectivity index (χ4v) is 1.45. The highest BCUT2D eigenvalue weighted by Crippen LogP contribution is 2.11. The molecule has 3 unspecified atom stereocenters. The maximum atomic E-state index is 13.4. The lowest BCUT2D eigenvalue weighted by Crippen LogP contribution is -2.48. The minimum atomic E-state index is -2.44. The highest BCUT2D eigenvalue weighted by atomic mass is 19.2. The van der Waals surface area contributed by atoms with Gasteiger partial charge in [-0.1, -0.05) is 30.3 Å². The Hall–Kier alpha value is -1.56. The number of rotatable bonds is 7. The number of hydrogen-bond donors (Lipinski definition) is 2. The van der Waals surface area contributed by atoms with E-state index in [4.69, 9.17) is 5.11 Å². The second kappa shape index (κ2) is 7.00. The van der Waals surface area contributed by atoms with Gasteiger partial charge in [0.05, 0.1) is 0 Å². The summed E-state index contributed by atoms with van der Waals surface area (Å²) < 4.78 is 38.2. The highest BCUT2D eigenvalue weighted by Gasteiger charge is 2.34. The molecule has 1 rings (SSSR count). The van der Waals surface area contributed by atoms with E-state index in [-0.39, 0.29) is 6.54 Å². The van der Waals surface area contributed by atoms with Crippen LogP contribution in [0.15, 0.2) is 30.3 Å². The minimum Gasteiger partial charge on any atom is -0.480 e. The molecular formula is C12H14F3NO2. The van der Waals surface area contributed by atoms with Crippen LogP contribution >= 0.6 is 0 Å². The van der Waals surface area contributed by atoms with Gasteiger partial charge in [-0.3, -0.25) is 10.1 Å². The molecule has 0 heterocycles. The lowest BCUT2D eigenvalue weighted by atomic mass is 10.1. The van der Waals surface area contributed by atoms with Crippen LogP contribution in [0.3, 0.4) is 0 Å². The predicted molar refractivity (Wildman–Crippen MR) is 60.5 cm³/mol. The van der Waals surface area contributed by atoms with E-state index >= 15 is 0 Å². The molecule has 0 aliphatic rings. The molecule has 2 N–H and O–H groups in total. The molecule has 0 fully saturated rings. The number of aliphatic carboxylic acids is 1. The Morgan fingerprint density at radius 3 is 2.39 bits per heavy atom. The Bertz CT molecular complexity index is 375. The molecule has 3 nitrogen and oxygen atoms in total. The average molecular weight is 261 g/mol. The summed E-state index contributed by atoms with van der Waals surface area (Å²) in [5, 5.41) is 11.1. The lowest BCUT2D eigenvalue weighted by Gasteiger charge is -2.20. The molecule has 0 spiro atoms. The van der Waals surface area contributed by atoms with E-state index in [1.165, 1.54) is 0 Å². The number of benzene rings is 1. The van der Waals surface area contributed by atoms with Crippen molar-refractivity contribution in [3.05, 3.63) is 35.9 Å². The van der Waals surface area contributed by atoms with Gasteiger partial charge in [0.1, 0.15) is 12.7 Å². The molecule has 1 aromatic rings. The van der Waals surface area contributed by atoms with Gasteiger partial charge < -0.3 is 5.11 Å². The first-order valence-electron chi connectivity index (χ1n) is 5.40. The van der Waals surface area contributed by atoms with Crippen molar-refractivity contribution in [1.82, 2.24) is 5.32 Å². The number of carboxylic acids is 1. The zero-order chi connectivity index (χ0) is 13.5. The summed E-state index contributed by atoms with van der Waals surface area (Å²) in [6.07, 6.45) is -4.86. The average Bonchev–Trinajstić information content (AvgIpc) is 2.38. The van der Waals surface area contributed by atoms with Crippen molar-refractivity contribution < 1.29 is 23.1 Å². The summed E-state index contributed by atoms with van der Waals surface area (Å²) in [7, 11) is 0. The van der Waals surface area contributed by atoms with Crippen molar-refractivity contribution >= 4 is 5.97 Å². The maximum Gasteiger partial charge on any atom is 0.323 e. The first-order chi connectivity index (χ1) is 8.56. The van der Waals surface area contributed by atoms with Crippen LogP contribution in [0.2, 0.25) is 0 Å². The topological polar surface area (TPSA) is 49.3 Å². The molecule has 0 saturated heterocycles.